The number of pyridine rings is 1. The Morgan fingerprint density at radius 1 is 0.767 bits per heavy atom. The van der Waals surface area contributed by atoms with Crippen molar-refractivity contribution in [2.45, 2.75) is 0 Å². The number of aromatic nitrogens is 1. The van der Waals surface area contributed by atoms with E-state index >= 15 is 0 Å². The van der Waals surface area contributed by atoms with E-state index in [1.165, 1.54) is 0 Å². The minimum atomic E-state index is 0.444. The van der Waals surface area contributed by atoms with Crippen molar-refractivity contribution >= 4 is 33.9 Å². The highest BCUT2D eigenvalue weighted by molar-refractivity contribution is 5.86. The van der Waals surface area contributed by atoms with Crippen LogP contribution in [0.25, 0.3) is 45.3 Å². The number of fused-ring (bicyclic) bond motifs is 2. The third-order valence-electron chi connectivity index (χ3n) is 5.03. The maximum atomic E-state index is 9.55. The Balaban J connectivity index is 1.61. The van der Waals surface area contributed by atoms with Crippen molar-refractivity contribution in [1.82, 2.24) is 4.98 Å². The summed E-state index contributed by atoms with van der Waals surface area (Å²) in [6, 6.07) is 27.6. The predicted octanol–water partition coefficient (Wildman–Crippen LogP) is 6.11. The second-order valence-corrected chi connectivity index (χ2v) is 7.01. The molecule has 5 rings (SSSR count). The van der Waals surface area contributed by atoms with Crippen molar-refractivity contribution in [2.24, 2.45) is 5.16 Å². The van der Waals surface area contributed by atoms with Gasteiger partial charge in [-0.25, -0.2) is 0 Å². The van der Waals surface area contributed by atoms with Crippen LogP contribution in [0, 0.1) is 0 Å². The van der Waals surface area contributed by atoms with Crippen LogP contribution in [0.15, 0.2) is 101 Å². The molecular formula is C26H18N2O2. The first-order valence-electron chi connectivity index (χ1n) is 9.64. The Hall–Kier alpha value is -4.18. The largest absolute Gasteiger partial charge is 0.454 e. The van der Waals surface area contributed by atoms with Crippen LogP contribution in [0.5, 0.6) is 0 Å². The maximum Gasteiger partial charge on any atom is 0.155 e. The summed E-state index contributed by atoms with van der Waals surface area (Å²) in [7, 11) is 0. The highest BCUT2D eigenvalue weighted by atomic mass is 16.4. The molecule has 5 aromatic rings. The molecule has 0 radical (unpaired) electrons. The zero-order valence-corrected chi connectivity index (χ0v) is 16.1. The average molecular weight is 390 g/mol. The normalized spacial score (nSPS) is 12.2. The van der Waals surface area contributed by atoms with Gasteiger partial charge in [0.1, 0.15) is 16.6 Å². The van der Waals surface area contributed by atoms with Gasteiger partial charge in [0.25, 0.3) is 0 Å². The highest BCUT2D eigenvalue weighted by Crippen LogP contribution is 2.25. The standard InChI is InChI=1S/C26H18N2O2/c29-28-23-16-26(24-15-20-8-4-5-9-21(20)17-27-24)30-25-14-19(12-13-22(23)25)11-10-18-6-2-1-3-7-18/h1-17,29H. The molecule has 3 aromatic carbocycles. The monoisotopic (exact) mass is 390 g/mol. The summed E-state index contributed by atoms with van der Waals surface area (Å²) in [5.41, 5.74) is 3.42. The van der Waals surface area contributed by atoms with E-state index in [2.05, 4.69) is 10.1 Å². The summed E-state index contributed by atoms with van der Waals surface area (Å²) >= 11 is 0. The van der Waals surface area contributed by atoms with E-state index < -0.39 is 0 Å². The zero-order valence-electron chi connectivity index (χ0n) is 16.1. The first kappa shape index (κ1) is 17.9. The van der Waals surface area contributed by atoms with Gasteiger partial charge in [-0.1, -0.05) is 78.0 Å². The molecule has 0 unspecified atom stereocenters. The fourth-order valence-electron chi connectivity index (χ4n) is 3.47. The fraction of sp³-hybridized carbons (Fsp3) is 0. The average Bonchev–Trinajstić information content (AvgIpc) is 2.82. The molecule has 0 spiro atoms. The third kappa shape index (κ3) is 3.47. The first-order chi connectivity index (χ1) is 14.8. The third-order valence-corrected chi connectivity index (χ3v) is 5.03. The molecule has 1 N–H and O–H groups in total. The van der Waals surface area contributed by atoms with E-state index in [1.807, 2.05) is 97.2 Å². The SMILES string of the molecule is ON=c1cc(-c2cc3ccccc3cn2)oc2cc(C=Cc3ccccc3)ccc12. The van der Waals surface area contributed by atoms with E-state index in [4.69, 9.17) is 4.42 Å². The van der Waals surface area contributed by atoms with Crippen molar-refractivity contribution in [1.29, 1.82) is 0 Å². The van der Waals surface area contributed by atoms with Gasteiger partial charge < -0.3 is 9.62 Å². The van der Waals surface area contributed by atoms with Crippen molar-refractivity contribution in [3.05, 3.63) is 108 Å². The van der Waals surface area contributed by atoms with Crippen LogP contribution in [0.4, 0.5) is 0 Å². The van der Waals surface area contributed by atoms with Crippen LogP contribution >= 0.6 is 0 Å². The molecular weight excluding hydrogens is 372 g/mol. The van der Waals surface area contributed by atoms with Crippen LogP contribution in [0.1, 0.15) is 11.1 Å². The molecule has 0 amide bonds. The van der Waals surface area contributed by atoms with Crippen molar-refractivity contribution in [3.8, 4) is 11.5 Å². The molecule has 0 saturated carbocycles. The lowest BCUT2D eigenvalue weighted by Crippen LogP contribution is -2.03. The van der Waals surface area contributed by atoms with Crippen molar-refractivity contribution < 1.29 is 9.62 Å². The van der Waals surface area contributed by atoms with Gasteiger partial charge in [0.05, 0.1) is 0 Å². The predicted molar refractivity (Wildman–Crippen MR) is 120 cm³/mol. The van der Waals surface area contributed by atoms with E-state index in [1.54, 1.807) is 6.07 Å². The van der Waals surface area contributed by atoms with Crippen LogP contribution in [0.3, 0.4) is 0 Å². The molecule has 30 heavy (non-hydrogen) atoms. The Morgan fingerprint density at radius 2 is 1.53 bits per heavy atom. The molecule has 4 nitrogen and oxygen atoms in total. The number of benzene rings is 3. The maximum absolute atomic E-state index is 9.55. The first-order valence-corrected chi connectivity index (χ1v) is 9.64. The Bertz CT molecular complexity index is 1450. The fourth-order valence-corrected chi connectivity index (χ4v) is 3.47. The van der Waals surface area contributed by atoms with Gasteiger partial charge in [0.15, 0.2) is 5.76 Å². The van der Waals surface area contributed by atoms with Gasteiger partial charge in [-0.3, -0.25) is 4.98 Å². The Kier molecular flexibility index (Phi) is 4.58. The lowest BCUT2D eigenvalue weighted by atomic mass is 10.1. The molecule has 0 bridgehead atoms. The molecule has 2 aromatic heterocycles. The van der Waals surface area contributed by atoms with Crippen LogP contribution in [-0.4, -0.2) is 10.2 Å². The van der Waals surface area contributed by atoms with Crippen molar-refractivity contribution in [3.63, 3.8) is 0 Å². The minimum absolute atomic E-state index is 0.444. The quantitative estimate of drug-likeness (QED) is 0.230. The lowest BCUT2D eigenvalue weighted by Gasteiger charge is -2.06. The lowest BCUT2D eigenvalue weighted by molar-refractivity contribution is 0.302. The summed E-state index contributed by atoms with van der Waals surface area (Å²) in [6.07, 6.45) is 5.90. The van der Waals surface area contributed by atoms with Gasteiger partial charge in [-0.15, -0.1) is 0 Å². The van der Waals surface area contributed by atoms with Crippen molar-refractivity contribution in [2.75, 3.05) is 0 Å². The highest BCUT2D eigenvalue weighted by Gasteiger charge is 2.09. The Labute approximate surface area is 173 Å². The van der Waals surface area contributed by atoms with Gasteiger partial charge in [0.2, 0.25) is 0 Å². The molecule has 0 saturated heterocycles. The minimum Gasteiger partial charge on any atom is -0.454 e. The molecule has 2 heterocycles. The summed E-state index contributed by atoms with van der Waals surface area (Å²) < 4.78 is 6.16. The Morgan fingerprint density at radius 3 is 2.37 bits per heavy atom. The van der Waals surface area contributed by atoms with Crippen LogP contribution < -0.4 is 5.36 Å². The summed E-state index contributed by atoms with van der Waals surface area (Å²) in [6.45, 7) is 0. The van der Waals surface area contributed by atoms with E-state index in [0.717, 1.165) is 27.3 Å². The molecule has 0 atom stereocenters. The van der Waals surface area contributed by atoms with Gasteiger partial charge in [0, 0.05) is 23.0 Å². The molecule has 0 aliphatic heterocycles. The molecule has 0 aliphatic rings. The van der Waals surface area contributed by atoms with E-state index in [-0.39, 0.29) is 0 Å². The summed E-state index contributed by atoms with van der Waals surface area (Å²) in [4.78, 5) is 4.53. The summed E-state index contributed by atoms with van der Waals surface area (Å²) in [5.74, 6) is 0.547. The number of hydrogen-bond donors (Lipinski definition) is 1. The number of hydrogen-bond acceptors (Lipinski definition) is 4. The van der Waals surface area contributed by atoms with Crippen LogP contribution in [0.2, 0.25) is 0 Å². The summed E-state index contributed by atoms with van der Waals surface area (Å²) in [5, 5.41) is 16.3. The molecule has 4 heteroatoms. The topological polar surface area (TPSA) is 58.6 Å². The van der Waals surface area contributed by atoms with Crippen LogP contribution in [-0.2, 0) is 0 Å². The molecule has 0 fully saturated rings. The van der Waals surface area contributed by atoms with Gasteiger partial charge >= 0.3 is 0 Å². The second kappa shape index (κ2) is 7.68. The van der Waals surface area contributed by atoms with Gasteiger partial charge in [-0.05, 0) is 34.7 Å². The molecule has 144 valence electrons. The van der Waals surface area contributed by atoms with E-state index in [0.29, 0.717) is 22.4 Å². The van der Waals surface area contributed by atoms with E-state index in [9.17, 15) is 5.21 Å². The number of nitrogens with zero attached hydrogens (tertiary/aromatic N) is 2. The smallest absolute Gasteiger partial charge is 0.155 e. The number of rotatable bonds is 3. The second-order valence-electron chi connectivity index (χ2n) is 7.01. The van der Waals surface area contributed by atoms with Gasteiger partial charge in [-0.2, -0.15) is 0 Å². The zero-order chi connectivity index (χ0) is 20.3. The molecule has 0 aliphatic carbocycles.